The Hall–Kier alpha value is -3.58. The molecular weight excluding hydrogens is 472 g/mol. The van der Waals surface area contributed by atoms with Crippen LogP contribution in [0.2, 0.25) is 0 Å². The molecule has 0 amide bonds. The van der Waals surface area contributed by atoms with E-state index >= 15 is 0 Å². The summed E-state index contributed by atoms with van der Waals surface area (Å²) in [6.07, 6.45) is 0. The Balaban J connectivity index is 2.07. The standard InChI is InChI=1S/C21H16N2O8S2/c1-10-5-7-11(8-6-10)23-13-9-15(33(29,30)31)19(22)18-17(13)20(24)12-3-2-4-14(32(26,27)28)16(12)21(18)25/h2-9,23H,22H2,1H3,(H,26,27,28)(H,29,30,31). The van der Waals surface area contributed by atoms with Crippen molar-refractivity contribution in [3.05, 3.63) is 76.3 Å². The van der Waals surface area contributed by atoms with Crippen molar-refractivity contribution in [1.82, 2.24) is 0 Å². The van der Waals surface area contributed by atoms with Crippen LogP contribution < -0.4 is 11.1 Å². The summed E-state index contributed by atoms with van der Waals surface area (Å²) in [5.41, 5.74) is 4.53. The Morgan fingerprint density at radius 2 is 1.39 bits per heavy atom. The van der Waals surface area contributed by atoms with Gasteiger partial charge in [0.1, 0.15) is 9.79 Å². The molecule has 0 saturated heterocycles. The molecule has 0 atom stereocenters. The molecule has 1 aliphatic rings. The number of anilines is 3. The van der Waals surface area contributed by atoms with Gasteiger partial charge in [0.15, 0.2) is 11.6 Å². The van der Waals surface area contributed by atoms with E-state index in [4.69, 9.17) is 5.73 Å². The molecule has 1 aliphatic carbocycles. The molecule has 0 unspecified atom stereocenters. The summed E-state index contributed by atoms with van der Waals surface area (Å²) in [4.78, 5) is 25.1. The summed E-state index contributed by atoms with van der Waals surface area (Å²) < 4.78 is 66.8. The largest absolute Gasteiger partial charge is 0.397 e. The minimum atomic E-state index is -4.94. The number of carbonyl (C=O) groups excluding carboxylic acids is 2. The monoisotopic (exact) mass is 488 g/mol. The lowest BCUT2D eigenvalue weighted by Gasteiger charge is -2.24. The number of ketones is 2. The second-order valence-corrected chi connectivity index (χ2v) is 10.1. The van der Waals surface area contributed by atoms with Gasteiger partial charge in [0, 0.05) is 11.3 Å². The molecule has 0 heterocycles. The molecule has 12 heteroatoms. The van der Waals surface area contributed by atoms with E-state index < -0.39 is 58.4 Å². The van der Waals surface area contributed by atoms with Crippen LogP contribution in [-0.4, -0.2) is 37.5 Å². The van der Waals surface area contributed by atoms with Crippen LogP contribution >= 0.6 is 0 Å². The number of rotatable bonds is 4. The quantitative estimate of drug-likeness (QED) is 0.246. The zero-order valence-electron chi connectivity index (χ0n) is 16.9. The fourth-order valence-electron chi connectivity index (χ4n) is 3.68. The van der Waals surface area contributed by atoms with E-state index in [0.29, 0.717) is 5.69 Å². The first-order chi connectivity index (χ1) is 15.3. The van der Waals surface area contributed by atoms with Crippen molar-refractivity contribution in [2.75, 3.05) is 11.1 Å². The third kappa shape index (κ3) is 3.78. The minimum Gasteiger partial charge on any atom is -0.397 e. The number of benzene rings is 3. The van der Waals surface area contributed by atoms with Gasteiger partial charge in [0.25, 0.3) is 20.2 Å². The highest BCUT2D eigenvalue weighted by Crippen LogP contribution is 2.41. The van der Waals surface area contributed by atoms with Crippen LogP contribution in [0, 0.1) is 6.92 Å². The number of nitrogens with two attached hydrogens (primary N) is 1. The Morgan fingerprint density at radius 3 is 1.97 bits per heavy atom. The predicted molar refractivity (Wildman–Crippen MR) is 118 cm³/mol. The van der Waals surface area contributed by atoms with Gasteiger partial charge >= 0.3 is 0 Å². The van der Waals surface area contributed by atoms with Crippen LogP contribution in [0.25, 0.3) is 0 Å². The van der Waals surface area contributed by atoms with Gasteiger partial charge in [-0.15, -0.1) is 0 Å². The highest BCUT2D eigenvalue weighted by molar-refractivity contribution is 7.86. The molecule has 0 radical (unpaired) electrons. The molecule has 4 rings (SSSR count). The molecule has 170 valence electrons. The van der Waals surface area contributed by atoms with Crippen LogP contribution in [0.5, 0.6) is 0 Å². The van der Waals surface area contributed by atoms with Crippen LogP contribution in [0.3, 0.4) is 0 Å². The molecule has 5 N–H and O–H groups in total. The molecule has 3 aromatic carbocycles. The number of nitrogen functional groups attached to an aromatic ring is 1. The molecule has 0 bridgehead atoms. The summed E-state index contributed by atoms with van der Waals surface area (Å²) in [5.74, 6) is -1.92. The average molecular weight is 488 g/mol. The topological polar surface area (TPSA) is 181 Å². The second-order valence-electron chi connectivity index (χ2n) is 7.36. The molecule has 10 nitrogen and oxygen atoms in total. The van der Waals surface area contributed by atoms with E-state index in [9.17, 15) is 35.5 Å². The van der Waals surface area contributed by atoms with Crippen molar-refractivity contribution >= 4 is 48.9 Å². The zero-order valence-corrected chi connectivity index (χ0v) is 18.5. The molecule has 0 aliphatic heterocycles. The van der Waals surface area contributed by atoms with Crippen molar-refractivity contribution in [3.8, 4) is 0 Å². The summed E-state index contributed by atoms with van der Waals surface area (Å²) in [6.45, 7) is 1.84. The Kier molecular flexibility index (Phi) is 5.13. The first-order valence-electron chi connectivity index (χ1n) is 9.28. The van der Waals surface area contributed by atoms with Gasteiger partial charge in [-0.1, -0.05) is 29.8 Å². The molecule has 0 aromatic heterocycles. The highest BCUT2D eigenvalue weighted by Gasteiger charge is 2.39. The summed E-state index contributed by atoms with van der Waals surface area (Å²) in [7, 11) is -9.86. The summed E-state index contributed by atoms with van der Waals surface area (Å²) >= 11 is 0. The molecule has 0 spiro atoms. The van der Waals surface area contributed by atoms with E-state index in [1.807, 2.05) is 6.92 Å². The zero-order chi connectivity index (χ0) is 24.3. The number of aryl methyl sites for hydroxylation is 1. The van der Waals surface area contributed by atoms with Crippen molar-refractivity contribution < 1.29 is 35.5 Å². The lowest BCUT2D eigenvalue weighted by molar-refractivity contribution is 0.0977. The number of hydrogen-bond acceptors (Lipinski definition) is 8. The van der Waals surface area contributed by atoms with E-state index in [1.165, 1.54) is 12.1 Å². The third-order valence-corrected chi connectivity index (χ3v) is 6.96. The van der Waals surface area contributed by atoms with E-state index in [0.717, 1.165) is 17.7 Å². The van der Waals surface area contributed by atoms with Crippen molar-refractivity contribution in [3.63, 3.8) is 0 Å². The third-order valence-electron chi connectivity index (χ3n) is 5.17. The van der Waals surface area contributed by atoms with E-state index in [-0.39, 0.29) is 16.8 Å². The molecule has 0 saturated carbocycles. The normalized spacial score (nSPS) is 13.4. The van der Waals surface area contributed by atoms with E-state index in [1.54, 1.807) is 24.3 Å². The first-order valence-corrected chi connectivity index (χ1v) is 12.2. The summed E-state index contributed by atoms with van der Waals surface area (Å²) in [6, 6.07) is 11.0. The Morgan fingerprint density at radius 1 is 0.788 bits per heavy atom. The maximum absolute atomic E-state index is 13.4. The van der Waals surface area contributed by atoms with Crippen molar-refractivity contribution in [2.45, 2.75) is 16.7 Å². The Bertz CT molecular complexity index is 1580. The number of carbonyl (C=O) groups is 2. The minimum absolute atomic E-state index is 0.142. The van der Waals surface area contributed by atoms with Gasteiger partial charge in [-0.3, -0.25) is 18.7 Å². The smallest absolute Gasteiger partial charge is 0.296 e. The number of hydrogen-bond donors (Lipinski definition) is 4. The Labute approximate surface area is 188 Å². The number of nitrogens with one attached hydrogen (secondary N) is 1. The van der Waals surface area contributed by atoms with Gasteiger partial charge in [0.2, 0.25) is 0 Å². The van der Waals surface area contributed by atoms with E-state index in [2.05, 4.69) is 5.32 Å². The van der Waals surface area contributed by atoms with Crippen LogP contribution in [0.1, 0.15) is 37.4 Å². The van der Waals surface area contributed by atoms with Crippen molar-refractivity contribution in [1.29, 1.82) is 0 Å². The van der Waals surface area contributed by atoms with Gasteiger partial charge in [-0.2, -0.15) is 16.8 Å². The SMILES string of the molecule is Cc1ccc(Nc2cc(S(=O)(=O)O)c(N)c3c2C(=O)c2cccc(S(=O)(=O)O)c2C3=O)cc1. The first kappa shape index (κ1) is 22.6. The van der Waals surface area contributed by atoms with Gasteiger partial charge < -0.3 is 11.1 Å². The maximum atomic E-state index is 13.4. The predicted octanol–water partition coefficient (Wildman–Crippen LogP) is 2.59. The molecular formula is C21H16N2O8S2. The van der Waals surface area contributed by atoms with Gasteiger partial charge in [-0.05, 0) is 31.2 Å². The van der Waals surface area contributed by atoms with Crippen molar-refractivity contribution in [2.24, 2.45) is 0 Å². The lowest BCUT2D eigenvalue weighted by Crippen LogP contribution is -2.27. The van der Waals surface area contributed by atoms with Gasteiger partial charge in [-0.25, -0.2) is 0 Å². The maximum Gasteiger partial charge on any atom is 0.296 e. The fourth-order valence-corrected chi connectivity index (χ4v) is 5.04. The molecule has 0 fully saturated rings. The van der Waals surface area contributed by atoms with Crippen LogP contribution in [0.15, 0.2) is 58.3 Å². The van der Waals surface area contributed by atoms with Gasteiger partial charge in [0.05, 0.1) is 28.1 Å². The average Bonchev–Trinajstić information content (AvgIpc) is 2.72. The highest BCUT2D eigenvalue weighted by atomic mass is 32.2. The molecule has 3 aromatic rings. The molecule has 33 heavy (non-hydrogen) atoms. The van der Waals surface area contributed by atoms with Crippen LogP contribution in [-0.2, 0) is 20.2 Å². The number of fused-ring (bicyclic) bond motifs is 2. The fraction of sp³-hybridized carbons (Fsp3) is 0.0476. The van der Waals surface area contributed by atoms with Crippen LogP contribution in [0.4, 0.5) is 17.1 Å². The second kappa shape index (κ2) is 7.49. The summed E-state index contributed by atoms with van der Waals surface area (Å²) in [5, 5.41) is 2.85. The lowest BCUT2D eigenvalue weighted by atomic mass is 9.82.